The number of amides is 1. The van der Waals surface area contributed by atoms with Crippen molar-refractivity contribution < 1.29 is 14.7 Å². The minimum Gasteiger partial charge on any atom is -0.478 e. The number of hydrogen-bond acceptors (Lipinski definition) is 3. The molecule has 0 aliphatic heterocycles. The van der Waals surface area contributed by atoms with Crippen molar-refractivity contribution >= 4 is 23.6 Å². The molecule has 0 bridgehead atoms. The summed E-state index contributed by atoms with van der Waals surface area (Å²) in [5, 5.41) is 12.0. The minimum atomic E-state index is -0.938. The second-order valence-electron chi connectivity index (χ2n) is 4.65. The molecule has 5 heteroatoms. The van der Waals surface area contributed by atoms with Gasteiger partial charge in [0.25, 0.3) is 0 Å². The van der Waals surface area contributed by atoms with Crippen LogP contribution in [-0.4, -0.2) is 28.8 Å². The Labute approximate surface area is 124 Å². The van der Waals surface area contributed by atoms with Crippen LogP contribution < -0.4 is 5.32 Å². The Balaban J connectivity index is 2.60. The number of benzene rings is 1. The van der Waals surface area contributed by atoms with Crippen LogP contribution in [0.3, 0.4) is 0 Å². The average molecular weight is 295 g/mol. The molecule has 0 unspecified atom stereocenters. The predicted molar refractivity (Wildman–Crippen MR) is 81.4 cm³/mol. The van der Waals surface area contributed by atoms with Crippen LogP contribution >= 0.6 is 11.8 Å². The third-order valence-corrected chi connectivity index (χ3v) is 4.15. The first kappa shape index (κ1) is 16.6. The number of thioether (sulfide) groups is 1. The highest BCUT2D eigenvalue weighted by Crippen LogP contribution is 2.21. The number of carboxylic acids is 1. The van der Waals surface area contributed by atoms with Crippen molar-refractivity contribution in [3.8, 4) is 0 Å². The van der Waals surface area contributed by atoms with Crippen LogP contribution in [0, 0.1) is 6.92 Å². The molecule has 1 aromatic rings. The average Bonchev–Trinajstić information content (AvgIpc) is 2.43. The van der Waals surface area contributed by atoms with Crippen molar-refractivity contribution in [2.75, 3.05) is 5.75 Å². The van der Waals surface area contributed by atoms with E-state index in [9.17, 15) is 9.59 Å². The lowest BCUT2D eigenvalue weighted by Crippen LogP contribution is -2.34. The topological polar surface area (TPSA) is 66.4 Å². The van der Waals surface area contributed by atoms with Gasteiger partial charge < -0.3 is 10.4 Å². The zero-order valence-electron chi connectivity index (χ0n) is 12.1. The van der Waals surface area contributed by atoms with E-state index in [0.717, 1.165) is 23.3 Å². The summed E-state index contributed by atoms with van der Waals surface area (Å²) < 4.78 is 0. The summed E-state index contributed by atoms with van der Waals surface area (Å²) in [4.78, 5) is 23.6. The highest BCUT2D eigenvalue weighted by Gasteiger charge is 2.11. The number of hydrogen-bond donors (Lipinski definition) is 2. The summed E-state index contributed by atoms with van der Waals surface area (Å²) in [6, 6.07) is 5.45. The van der Waals surface area contributed by atoms with Crippen LogP contribution in [0.5, 0.6) is 0 Å². The number of carbonyl (C=O) groups is 2. The molecule has 0 heterocycles. The fraction of sp³-hybridized carbons (Fsp3) is 0.467. The SMILES string of the molecule is CCC(CC)NC(=O)CSc1ccc(C)c(C(=O)O)c1. The van der Waals surface area contributed by atoms with E-state index in [1.54, 1.807) is 19.1 Å². The van der Waals surface area contributed by atoms with Gasteiger partial charge in [0.15, 0.2) is 0 Å². The Morgan fingerprint density at radius 3 is 2.50 bits per heavy atom. The van der Waals surface area contributed by atoms with Gasteiger partial charge in [0, 0.05) is 10.9 Å². The van der Waals surface area contributed by atoms with Gasteiger partial charge in [-0.2, -0.15) is 0 Å². The summed E-state index contributed by atoms with van der Waals surface area (Å²) in [6.07, 6.45) is 1.83. The van der Waals surface area contributed by atoms with Gasteiger partial charge in [0.05, 0.1) is 11.3 Å². The molecule has 1 aromatic carbocycles. The maximum atomic E-state index is 11.8. The van der Waals surface area contributed by atoms with Gasteiger partial charge in [-0.15, -0.1) is 11.8 Å². The third-order valence-electron chi connectivity index (χ3n) is 3.16. The van der Waals surface area contributed by atoms with E-state index in [4.69, 9.17) is 5.11 Å². The molecule has 2 N–H and O–H groups in total. The Morgan fingerprint density at radius 1 is 1.30 bits per heavy atom. The zero-order chi connectivity index (χ0) is 15.1. The van der Waals surface area contributed by atoms with E-state index in [1.807, 2.05) is 19.9 Å². The highest BCUT2D eigenvalue weighted by molar-refractivity contribution is 8.00. The van der Waals surface area contributed by atoms with Gasteiger partial charge in [-0.05, 0) is 37.5 Å². The largest absolute Gasteiger partial charge is 0.478 e. The Bertz CT molecular complexity index is 484. The van der Waals surface area contributed by atoms with Gasteiger partial charge in [-0.1, -0.05) is 19.9 Å². The van der Waals surface area contributed by atoms with Crippen LogP contribution in [0.2, 0.25) is 0 Å². The molecule has 0 radical (unpaired) electrons. The molecule has 1 rings (SSSR count). The molecule has 0 spiro atoms. The fourth-order valence-electron chi connectivity index (χ4n) is 1.83. The molecule has 0 saturated heterocycles. The first-order valence-electron chi connectivity index (χ1n) is 6.74. The van der Waals surface area contributed by atoms with E-state index in [2.05, 4.69) is 5.32 Å². The fourth-order valence-corrected chi connectivity index (χ4v) is 2.58. The van der Waals surface area contributed by atoms with E-state index >= 15 is 0 Å². The summed E-state index contributed by atoms with van der Waals surface area (Å²) in [5.41, 5.74) is 1.01. The molecule has 20 heavy (non-hydrogen) atoms. The van der Waals surface area contributed by atoms with Gasteiger partial charge in [-0.25, -0.2) is 4.79 Å². The van der Waals surface area contributed by atoms with E-state index in [-0.39, 0.29) is 17.5 Å². The molecule has 1 amide bonds. The van der Waals surface area contributed by atoms with Crippen molar-refractivity contribution in [3.63, 3.8) is 0 Å². The van der Waals surface area contributed by atoms with Crippen LogP contribution in [0.15, 0.2) is 23.1 Å². The third kappa shape index (κ3) is 4.89. The number of carboxylic acid groups (broad SMARTS) is 1. The number of rotatable bonds is 7. The first-order valence-corrected chi connectivity index (χ1v) is 7.72. The van der Waals surface area contributed by atoms with Gasteiger partial charge >= 0.3 is 5.97 Å². The molecular weight excluding hydrogens is 274 g/mol. The molecule has 110 valence electrons. The van der Waals surface area contributed by atoms with Crippen LogP contribution in [0.1, 0.15) is 42.6 Å². The monoisotopic (exact) mass is 295 g/mol. The van der Waals surface area contributed by atoms with Crippen molar-refractivity contribution in [2.24, 2.45) is 0 Å². The first-order chi connectivity index (χ1) is 9.47. The normalized spacial score (nSPS) is 10.6. The van der Waals surface area contributed by atoms with E-state index in [0.29, 0.717) is 5.75 Å². The minimum absolute atomic E-state index is 0.0128. The lowest BCUT2D eigenvalue weighted by atomic mass is 10.1. The molecule has 0 fully saturated rings. The molecular formula is C15H21NO3S. The summed E-state index contributed by atoms with van der Waals surface area (Å²) in [6.45, 7) is 5.85. The number of aryl methyl sites for hydroxylation is 1. The lowest BCUT2D eigenvalue weighted by Gasteiger charge is -2.14. The lowest BCUT2D eigenvalue weighted by molar-refractivity contribution is -0.119. The quantitative estimate of drug-likeness (QED) is 0.759. The van der Waals surface area contributed by atoms with Gasteiger partial charge in [0.2, 0.25) is 5.91 Å². The Morgan fingerprint density at radius 2 is 1.95 bits per heavy atom. The predicted octanol–water partition coefficient (Wildman–Crippen LogP) is 3.09. The van der Waals surface area contributed by atoms with Crippen molar-refractivity contribution in [1.29, 1.82) is 0 Å². The molecule has 0 atom stereocenters. The zero-order valence-corrected chi connectivity index (χ0v) is 12.9. The van der Waals surface area contributed by atoms with Crippen LogP contribution in [0.25, 0.3) is 0 Å². The van der Waals surface area contributed by atoms with Crippen molar-refractivity contribution in [2.45, 2.75) is 44.6 Å². The van der Waals surface area contributed by atoms with E-state index in [1.165, 1.54) is 11.8 Å². The highest BCUT2D eigenvalue weighted by atomic mass is 32.2. The second-order valence-corrected chi connectivity index (χ2v) is 5.70. The molecule has 0 aromatic heterocycles. The Kier molecular flexibility index (Phi) is 6.58. The van der Waals surface area contributed by atoms with Gasteiger partial charge in [-0.3, -0.25) is 4.79 Å². The standard InChI is InChI=1S/C15H21NO3S/c1-4-11(5-2)16-14(17)9-20-12-7-6-10(3)13(8-12)15(18)19/h6-8,11H,4-5,9H2,1-3H3,(H,16,17)(H,18,19). The maximum Gasteiger partial charge on any atom is 0.335 e. The van der Waals surface area contributed by atoms with E-state index < -0.39 is 5.97 Å². The maximum absolute atomic E-state index is 11.8. The second kappa shape index (κ2) is 7.94. The van der Waals surface area contributed by atoms with Crippen LogP contribution in [-0.2, 0) is 4.79 Å². The van der Waals surface area contributed by atoms with Gasteiger partial charge in [0.1, 0.15) is 0 Å². The Hall–Kier alpha value is -1.49. The molecule has 0 saturated carbocycles. The molecule has 0 aliphatic rings. The number of aromatic carboxylic acids is 1. The summed E-state index contributed by atoms with van der Waals surface area (Å²) >= 11 is 1.36. The summed E-state index contributed by atoms with van der Waals surface area (Å²) in [5.74, 6) is -0.647. The molecule has 4 nitrogen and oxygen atoms in total. The van der Waals surface area contributed by atoms with Crippen LogP contribution in [0.4, 0.5) is 0 Å². The number of carbonyl (C=O) groups excluding carboxylic acids is 1. The number of nitrogens with one attached hydrogen (secondary N) is 1. The summed E-state index contributed by atoms with van der Waals surface area (Å²) in [7, 11) is 0. The van der Waals surface area contributed by atoms with Crippen molar-refractivity contribution in [3.05, 3.63) is 29.3 Å². The molecule has 0 aliphatic carbocycles. The smallest absolute Gasteiger partial charge is 0.335 e. The van der Waals surface area contributed by atoms with Crippen molar-refractivity contribution in [1.82, 2.24) is 5.32 Å².